The minimum Gasteiger partial charge on any atom is -0.550 e. The number of hydrogen-bond acceptors (Lipinski definition) is 7. The molecule has 0 saturated heterocycles. The predicted octanol–water partition coefficient (Wildman–Crippen LogP) is -1.17. The molecule has 26 heavy (non-hydrogen) atoms. The van der Waals surface area contributed by atoms with Crippen LogP contribution in [0.3, 0.4) is 0 Å². The standard InChI is InChI=1S/C17H20N2O6S/c1-19(2)14-7-3-6-12-11(14)5-4-8-15(12)26(24,25)18-13(17(22)23)9-10-16(20)21/h3-8,13,18H,9-10H2,1-2H3,(H,20,21)(H,22,23)/p-2. The van der Waals surface area contributed by atoms with Crippen LogP contribution >= 0.6 is 0 Å². The number of benzene rings is 2. The monoisotopic (exact) mass is 378 g/mol. The molecule has 0 heterocycles. The van der Waals surface area contributed by atoms with Gasteiger partial charge in [0.2, 0.25) is 10.0 Å². The van der Waals surface area contributed by atoms with Crippen LogP contribution in [0.2, 0.25) is 0 Å². The molecule has 0 fully saturated rings. The zero-order chi connectivity index (χ0) is 19.5. The van der Waals surface area contributed by atoms with Gasteiger partial charge in [0.25, 0.3) is 0 Å². The molecule has 1 atom stereocenters. The number of carbonyl (C=O) groups is 2. The fourth-order valence-electron chi connectivity index (χ4n) is 2.63. The molecule has 0 saturated carbocycles. The SMILES string of the molecule is CN(C)c1cccc2c(S(=O)(=O)NC(CCC(=O)[O-])C(=O)[O-])cccc12. The van der Waals surface area contributed by atoms with Crippen LogP contribution in [0.15, 0.2) is 41.3 Å². The smallest absolute Gasteiger partial charge is 0.241 e. The van der Waals surface area contributed by atoms with Gasteiger partial charge in [-0.15, -0.1) is 0 Å². The van der Waals surface area contributed by atoms with Crippen LogP contribution in [0.1, 0.15) is 12.8 Å². The van der Waals surface area contributed by atoms with E-state index in [0.29, 0.717) is 10.8 Å². The summed E-state index contributed by atoms with van der Waals surface area (Å²) in [5, 5.41) is 22.8. The largest absolute Gasteiger partial charge is 0.550 e. The van der Waals surface area contributed by atoms with E-state index in [0.717, 1.165) is 5.69 Å². The zero-order valence-corrected chi connectivity index (χ0v) is 15.1. The summed E-state index contributed by atoms with van der Waals surface area (Å²) in [5.41, 5.74) is 0.799. The summed E-state index contributed by atoms with van der Waals surface area (Å²) in [6, 6.07) is 8.14. The summed E-state index contributed by atoms with van der Waals surface area (Å²) in [5.74, 6) is -3.18. The Hall–Kier alpha value is -2.65. The second-order valence-electron chi connectivity index (χ2n) is 5.93. The van der Waals surface area contributed by atoms with Crippen LogP contribution < -0.4 is 19.8 Å². The second kappa shape index (κ2) is 7.71. The third kappa shape index (κ3) is 4.30. The Balaban J connectivity index is 2.47. The number of fused-ring (bicyclic) bond motifs is 1. The van der Waals surface area contributed by atoms with Crippen molar-refractivity contribution in [2.24, 2.45) is 0 Å². The molecule has 140 valence electrons. The van der Waals surface area contributed by atoms with E-state index in [4.69, 9.17) is 0 Å². The highest BCUT2D eigenvalue weighted by molar-refractivity contribution is 7.89. The van der Waals surface area contributed by atoms with Crippen molar-refractivity contribution in [3.8, 4) is 0 Å². The molecule has 0 bridgehead atoms. The summed E-state index contributed by atoms with van der Waals surface area (Å²) in [6.07, 6.45) is -1.08. The maximum absolute atomic E-state index is 12.7. The minimum atomic E-state index is -4.22. The first-order valence-electron chi connectivity index (χ1n) is 7.75. The van der Waals surface area contributed by atoms with Gasteiger partial charge >= 0.3 is 0 Å². The number of carboxylic acid groups (broad SMARTS) is 2. The highest BCUT2D eigenvalue weighted by Crippen LogP contribution is 2.30. The normalized spacial score (nSPS) is 12.7. The van der Waals surface area contributed by atoms with Crippen molar-refractivity contribution >= 4 is 38.4 Å². The van der Waals surface area contributed by atoms with Gasteiger partial charge in [-0.2, -0.15) is 0 Å². The molecule has 1 unspecified atom stereocenters. The first-order chi connectivity index (χ1) is 12.1. The van der Waals surface area contributed by atoms with Crippen LogP contribution in [0, 0.1) is 0 Å². The highest BCUT2D eigenvalue weighted by Gasteiger charge is 2.23. The molecular formula is C17H18N2O6S-2. The number of nitrogens with one attached hydrogen (secondary N) is 1. The Kier molecular flexibility index (Phi) is 5.83. The zero-order valence-electron chi connectivity index (χ0n) is 14.3. The maximum atomic E-state index is 12.7. The Bertz CT molecular complexity index is 939. The molecule has 2 aromatic rings. The molecule has 0 aliphatic heterocycles. The number of anilines is 1. The third-order valence-electron chi connectivity index (χ3n) is 3.85. The average molecular weight is 378 g/mol. The van der Waals surface area contributed by atoms with Crippen molar-refractivity contribution in [3.63, 3.8) is 0 Å². The van der Waals surface area contributed by atoms with E-state index in [1.807, 2.05) is 29.8 Å². The topological polar surface area (TPSA) is 130 Å². The Morgan fingerprint density at radius 1 is 1.08 bits per heavy atom. The van der Waals surface area contributed by atoms with E-state index in [1.165, 1.54) is 6.07 Å². The van der Waals surface area contributed by atoms with Gasteiger partial charge in [0.15, 0.2) is 0 Å². The Labute approximate surface area is 151 Å². The molecule has 0 aliphatic rings. The summed E-state index contributed by atoms with van der Waals surface area (Å²) in [6.45, 7) is 0. The number of hydrogen-bond donors (Lipinski definition) is 1. The summed E-state index contributed by atoms with van der Waals surface area (Å²) < 4.78 is 27.4. The lowest BCUT2D eigenvalue weighted by Crippen LogP contribution is -2.48. The van der Waals surface area contributed by atoms with Crippen LogP contribution in [-0.4, -0.2) is 40.5 Å². The van der Waals surface area contributed by atoms with E-state index in [2.05, 4.69) is 0 Å². The number of carboxylic acids is 2. The average Bonchev–Trinajstić information content (AvgIpc) is 2.56. The van der Waals surface area contributed by atoms with Gasteiger partial charge < -0.3 is 24.7 Å². The molecule has 8 nitrogen and oxygen atoms in total. The van der Waals surface area contributed by atoms with Gasteiger partial charge in [0.05, 0.1) is 16.9 Å². The number of aliphatic carboxylic acids is 2. The van der Waals surface area contributed by atoms with Gasteiger partial charge in [0, 0.05) is 36.5 Å². The number of carbonyl (C=O) groups excluding carboxylic acids is 2. The van der Waals surface area contributed by atoms with E-state index < -0.39 is 40.8 Å². The molecule has 1 N–H and O–H groups in total. The molecule has 9 heteroatoms. The van der Waals surface area contributed by atoms with Crippen molar-refractivity contribution in [2.45, 2.75) is 23.8 Å². The van der Waals surface area contributed by atoms with Crippen LogP contribution in [0.4, 0.5) is 5.69 Å². The first kappa shape index (κ1) is 19.7. The van der Waals surface area contributed by atoms with Gasteiger partial charge in [-0.25, -0.2) is 13.1 Å². The molecule has 0 amide bonds. The lowest BCUT2D eigenvalue weighted by atomic mass is 10.1. The first-order valence-corrected chi connectivity index (χ1v) is 9.24. The van der Waals surface area contributed by atoms with Crippen molar-refractivity contribution in [1.29, 1.82) is 0 Å². The highest BCUT2D eigenvalue weighted by atomic mass is 32.2. The lowest BCUT2D eigenvalue weighted by molar-refractivity contribution is -0.309. The fraction of sp³-hybridized carbons (Fsp3) is 0.294. The molecule has 0 radical (unpaired) electrons. The minimum absolute atomic E-state index is 0.0987. The van der Waals surface area contributed by atoms with Crippen molar-refractivity contribution < 1.29 is 28.2 Å². The molecule has 0 aromatic heterocycles. The van der Waals surface area contributed by atoms with E-state index in [9.17, 15) is 28.2 Å². The molecule has 0 aliphatic carbocycles. The van der Waals surface area contributed by atoms with Gasteiger partial charge in [-0.1, -0.05) is 24.3 Å². The van der Waals surface area contributed by atoms with Crippen molar-refractivity contribution in [2.75, 3.05) is 19.0 Å². The van der Waals surface area contributed by atoms with Crippen LogP contribution in [-0.2, 0) is 19.6 Å². The Morgan fingerprint density at radius 2 is 1.69 bits per heavy atom. The molecule has 2 rings (SSSR count). The quantitative estimate of drug-likeness (QED) is 0.613. The Morgan fingerprint density at radius 3 is 2.27 bits per heavy atom. The third-order valence-corrected chi connectivity index (χ3v) is 5.38. The molecule has 2 aromatic carbocycles. The van der Waals surface area contributed by atoms with E-state index in [-0.39, 0.29) is 4.90 Å². The summed E-state index contributed by atoms with van der Waals surface area (Å²) in [7, 11) is -0.585. The van der Waals surface area contributed by atoms with Crippen LogP contribution in [0.5, 0.6) is 0 Å². The van der Waals surface area contributed by atoms with E-state index in [1.54, 1.807) is 24.3 Å². The van der Waals surface area contributed by atoms with Gasteiger partial charge in [0.1, 0.15) is 0 Å². The number of nitrogens with zero attached hydrogens (tertiary/aromatic N) is 1. The molecular weight excluding hydrogens is 360 g/mol. The maximum Gasteiger partial charge on any atom is 0.241 e. The van der Waals surface area contributed by atoms with Gasteiger partial charge in [-0.05, 0) is 25.0 Å². The van der Waals surface area contributed by atoms with Crippen molar-refractivity contribution in [3.05, 3.63) is 36.4 Å². The predicted molar refractivity (Wildman–Crippen MR) is 91.6 cm³/mol. The summed E-state index contributed by atoms with van der Waals surface area (Å²) in [4.78, 5) is 23.4. The number of sulfonamides is 1. The van der Waals surface area contributed by atoms with Crippen LogP contribution in [0.25, 0.3) is 10.8 Å². The number of rotatable bonds is 8. The van der Waals surface area contributed by atoms with E-state index >= 15 is 0 Å². The summed E-state index contributed by atoms with van der Waals surface area (Å²) >= 11 is 0. The van der Waals surface area contributed by atoms with Gasteiger partial charge in [-0.3, -0.25) is 0 Å². The second-order valence-corrected chi connectivity index (χ2v) is 7.61. The van der Waals surface area contributed by atoms with Crippen molar-refractivity contribution in [1.82, 2.24) is 4.72 Å². The fourth-order valence-corrected chi connectivity index (χ4v) is 4.07. The lowest BCUT2D eigenvalue weighted by Gasteiger charge is -2.21. The molecule has 0 spiro atoms.